The number of nitro benzene ring substituents is 1. The molecule has 1 N–H and O–H groups in total. The van der Waals surface area contributed by atoms with Crippen molar-refractivity contribution in [3.05, 3.63) is 33.3 Å². The first-order valence-corrected chi connectivity index (χ1v) is 7.68. The van der Waals surface area contributed by atoms with Gasteiger partial charge in [-0.25, -0.2) is 13.1 Å². The smallest absolute Gasteiger partial charge is 0.258 e. The zero-order valence-electron chi connectivity index (χ0n) is 10.4. The molecule has 6 nitrogen and oxygen atoms in total. The molecule has 0 heterocycles. The molecule has 1 aromatic carbocycles. The maximum Gasteiger partial charge on any atom is 0.289 e. The fourth-order valence-electron chi connectivity index (χ4n) is 1.46. The van der Waals surface area contributed by atoms with Gasteiger partial charge in [-0.3, -0.25) is 10.1 Å². The van der Waals surface area contributed by atoms with Gasteiger partial charge in [0.15, 0.2) is 0 Å². The van der Waals surface area contributed by atoms with Crippen LogP contribution in [0, 0.1) is 10.1 Å². The monoisotopic (exact) mass is 306 g/mol. The summed E-state index contributed by atoms with van der Waals surface area (Å²) in [7, 11) is -3.73. The molecule has 0 fully saturated rings. The van der Waals surface area contributed by atoms with Crippen LogP contribution in [0.4, 0.5) is 5.69 Å². The Hall–Kier alpha value is -1.18. The van der Waals surface area contributed by atoms with E-state index in [0.29, 0.717) is 6.54 Å². The van der Waals surface area contributed by atoms with Gasteiger partial charge in [-0.15, -0.1) is 0 Å². The second-order valence-corrected chi connectivity index (χ2v) is 6.15. The Kier molecular flexibility index (Phi) is 5.71. The highest BCUT2D eigenvalue weighted by Gasteiger charge is 2.20. The molecule has 0 aliphatic carbocycles. The van der Waals surface area contributed by atoms with Gasteiger partial charge in [-0.05, 0) is 18.6 Å². The fraction of sp³-hybridized carbons (Fsp3) is 0.455. The number of halogens is 1. The number of nitro groups is 1. The topological polar surface area (TPSA) is 89.3 Å². The number of hydrogen-bond donors (Lipinski definition) is 1. The van der Waals surface area contributed by atoms with Crippen molar-refractivity contribution in [3.63, 3.8) is 0 Å². The molecule has 0 aliphatic heterocycles. The number of sulfonamides is 1. The summed E-state index contributed by atoms with van der Waals surface area (Å²) in [5.41, 5.74) is -0.418. The summed E-state index contributed by atoms with van der Waals surface area (Å²) in [5.74, 6) is 0. The van der Waals surface area contributed by atoms with E-state index in [0.717, 1.165) is 25.3 Å². The van der Waals surface area contributed by atoms with E-state index in [1.807, 2.05) is 6.92 Å². The third kappa shape index (κ3) is 4.45. The van der Waals surface area contributed by atoms with Gasteiger partial charge in [0.2, 0.25) is 10.0 Å². The SMILES string of the molecule is CCCCCNS(=O)(=O)c1ccc(Cl)c([N+](=O)[O-])c1. The Balaban J connectivity index is 2.89. The van der Waals surface area contributed by atoms with Gasteiger partial charge < -0.3 is 0 Å². The molecule has 0 amide bonds. The second-order valence-electron chi connectivity index (χ2n) is 3.98. The lowest BCUT2D eigenvalue weighted by Gasteiger charge is -2.06. The van der Waals surface area contributed by atoms with Crippen LogP contribution < -0.4 is 4.72 Å². The Morgan fingerprint density at radius 3 is 2.63 bits per heavy atom. The first-order valence-electron chi connectivity index (χ1n) is 5.82. The molecule has 1 rings (SSSR count). The van der Waals surface area contributed by atoms with E-state index in [9.17, 15) is 18.5 Å². The zero-order valence-corrected chi connectivity index (χ0v) is 12.0. The Morgan fingerprint density at radius 1 is 1.37 bits per heavy atom. The summed E-state index contributed by atoms with van der Waals surface area (Å²) in [6, 6.07) is 3.42. The van der Waals surface area contributed by atoms with Crippen LogP contribution in [0.1, 0.15) is 26.2 Å². The van der Waals surface area contributed by atoms with Gasteiger partial charge in [0, 0.05) is 12.6 Å². The van der Waals surface area contributed by atoms with Crippen molar-refractivity contribution in [1.29, 1.82) is 0 Å². The van der Waals surface area contributed by atoms with E-state index in [-0.39, 0.29) is 9.92 Å². The number of rotatable bonds is 7. The predicted octanol–water partition coefficient (Wildman–Crippen LogP) is 2.72. The summed E-state index contributed by atoms with van der Waals surface area (Å²) in [6.45, 7) is 2.32. The average Bonchev–Trinajstić information content (AvgIpc) is 2.34. The first kappa shape index (κ1) is 15.9. The third-order valence-corrected chi connectivity index (χ3v) is 4.28. The summed E-state index contributed by atoms with van der Waals surface area (Å²) in [5, 5.41) is 10.6. The Morgan fingerprint density at radius 2 is 2.05 bits per heavy atom. The molecule has 0 bridgehead atoms. The number of unbranched alkanes of at least 4 members (excludes halogenated alkanes) is 2. The molecule has 0 atom stereocenters. The van der Waals surface area contributed by atoms with E-state index in [4.69, 9.17) is 11.6 Å². The number of benzene rings is 1. The normalized spacial score (nSPS) is 11.5. The third-order valence-electron chi connectivity index (χ3n) is 2.50. The summed E-state index contributed by atoms with van der Waals surface area (Å²) in [6.07, 6.45) is 2.63. The van der Waals surface area contributed by atoms with Crippen molar-refractivity contribution in [2.45, 2.75) is 31.1 Å². The van der Waals surface area contributed by atoms with Crippen molar-refractivity contribution >= 4 is 27.3 Å². The van der Waals surface area contributed by atoms with Gasteiger partial charge in [-0.1, -0.05) is 31.4 Å². The lowest BCUT2D eigenvalue weighted by molar-refractivity contribution is -0.384. The molecule has 8 heteroatoms. The summed E-state index contributed by atoms with van der Waals surface area (Å²) >= 11 is 5.63. The molecule has 0 saturated carbocycles. The summed E-state index contributed by atoms with van der Waals surface area (Å²) < 4.78 is 26.2. The Labute approximate surface area is 117 Å². The average molecular weight is 307 g/mol. The minimum Gasteiger partial charge on any atom is -0.258 e. The van der Waals surface area contributed by atoms with Gasteiger partial charge in [0.1, 0.15) is 5.02 Å². The van der Waals surface area contributed by atoms with Crippen molar-refractivity contribution in [3.8, 4) is 0 Å². The van der Waals surface area contributed by atoms with Crippen LogP contribution in [0.15, 0.2) is 23.1 Å². The maximum atomic E-state index is 11.9. The molecule has 0 aromatic heterocycles. The molecule has 19 heavy (non-hydrogen) atoms. The fourth-order valence-corrected chi connectivity index (χ4v) is 2.74. The molecule has 0 radical (unpaired) electrons. The number of hydrogen-bond acceptors (Lipinski definition) is 4. The van der Waals surface area contributed by atoms with Crippen LogP contribution >= 0.6 is 11.6 Å². The standard InChI is InChI=1S/C11H15ClN2O4S/c1-2-3-4-7-13-19(17,18)9-5-6-10(12)11(8-9)14(15)16/h5-6,8,13H,2-4,7H2,1H3. The maximum absolute atomic E-state index is 11.9. The highest BCUT2D eigenvalue weighted by Crippen LogP contribution is 2.26. The van der Waals surface area contributed by atoms with Gasteiger partial charge in [0.25, 0.3) is 5.69 Å². The van der Waals surface area contributed by atoms with Crippen LogP contribution in [-0.2, 0) is 10.0 Å². The van der Waals surface area contributed by atoms with Gasteiger partial charge in [-0.2, -0.15) is 0 Å². The van der Waals surface area contributed by atoms with Gasteiger partial charge in [0.05, 0.1) is 9.82 Å². The van der Waals surface area contributed by atoms with Crippen LogP contribution in [0.2, 0.25) is 5.02 Å². The van der Waals surface area contributed by atoms with E-state index in [1.54, 1.807) is 0 Å². The minimum absolute atomic E-state index is 0.0880. The van der Waals surface area contributed by atoms with E-state index >= 15 is 0 Å². The van der Waals surface area contributed by atoms with Gasteiger partial charge >= 0.3 is 0 Å². The molecule has 0 unspecified atom stereocenters. The largest absolute Gasteiger partial charge is 0.289 e. The predicted molar refractivity (Wildman–Crippen MR) is 72.8 cm³/mol. The highest BCUT2D eigenvalue weighted by atomic mass is 35.5. The Bertz CT molecular complexity index is 560. The molecule has 0 spiro atoms. The summed E-state index contributed by atoms with van der Waals surface area (Å²) in [4.78, 5) is 9.84. The second kappa shape index (κ2) is 6.83. The number of nitrogens with zero attached hydrogens (tertiary/aromatic N) is 1. The van der Waals surface area contributed by atoms with E-state index in [1.165, 1.54) is 12.1 Å². The molecule has 106 valence electrons. The lowest BCUT2D eigenvalue weighted by atomic mass is 10.3. The molecular weight excluding hydrogens is 292 g/mol. The van der Waals surface area contributed by atoms with Crippen molar-refractivity contribution < 1.29 is 13.3 Å². The van der Waals surface area contributed by atoms with Crippen molar-refractivity contribution in [1.82, 2.24) is 4.72 Å². The zero-order chi connectivity index (χ0) is 14.5. The van der Waals surface area contributed by atoms with Crippen LogP contribution in [0.5, 0.6) is 0 Å². The molecule has 1 aromatic rings. The first-order chi connectivity index (χ1) is 8.88. The van der Waals surface area contributed by atoms with Crippen LogP contribution in [0.3, 0.4) is 0 Å². The lowest BCUT2D eigenvalue weighted by Crippen LogP contribution is -2.24. The molecule has 0 saturated heterocycles. The van der Waals surface area contributed by atoms with Crippen LogP contribution in [-0.4, -0.2) is 19.9 Å². The van der Waals surface area contributed by atoms with Crippen LogP contribution in [0.25, 0.3) is 0 Å². The quantitative estimate of drug-likeness (QED) is 0.476. The highest BCUT2D eigenvalue weighted by molar-refractivity contribution is 7.89. The molecular formula is C11H15ClN2O4S. The molecule has 0 aliphatic rings. The van der Waals surface area contributed by atoms with Crippen molar-refractivity contribution in [2.24, 2.45) is 0 Å². The van der Waals surface area contributed by atoms with E-state index in [2.05, 4.69) is 4.72 Å². The minimum atomic E-state index is -3.73. The van der Waals surface area contributed by atoms with Crippen molar-refractivity contribution in [2.75, 3.05) is 6.54 Å². The van der Waals surface area contributed by atoms with E-state index < -0.39 is 20.6 Å². The number of nitrogens with one attached hydrogen (secondary N) is 1.